The first-order valence-electron chi connectivity index (χ1n) is 11.8. The number of likely N-dealkylation sites (tertiary alicyclic amines) is 1. The van der Waals surface area contributed by atoms with Gasteiger partial charge in [-0.1, -0.05) is 60.5 Å². The van der Waals surface area contributed by atoms with Crippen molar-refractivity contribution in [3.8, 4) is 0 Å². The molecule has 4 rings (SSSR count). The Bertz CT molecular complexity index is 1230. The lowest BCUT2D eigenvalue weighted by Gasteiger charge is -2.27. The Hall–Kier alpha value is -2.87. The maximum atomic E-state index is 13.4. The van der Waals surface area contributed by atoms with Crippen molar-refractivity contribution in [3.63, 3.8) is 0 Å². The molecule has 3 aromatic rings. The number of nitrogens with zero attached hydrogens (tertiary/aromatic N) is 2. The van der Waals surface area contributed by atoms with E-state index in [1.54, 1.807) is 42.5 Å². The van der Waals surface area contributed by atoms with Gasteiger partial charge in [0.05, 0.1) is 10.6 Å². The maximum Gasteiger partial charge on any atom is 0.264 e. The summed E-state index contributed by atoms with van der Waals surface area (Å²) in [6.07, 6.45) is 3.72. The van der Waals surface area contributed by atoms with Gasteiger partial charge in [-0.15, -0.1) is 0 Å². The van der Waals surface area contributed by atoms with E-state index in [9.17, 15) is 13.2 Å². The number of rotatable bonds is 9. The highest BCUT2D eigenvalue weighted by molar-refractivity contribution is 7.92. The van der Waals surface area contributed by atoms with Crippen LogP contribution in [0.25, 0.3) is 0 Å². The molecule has 1 aliphatic rings. The molecule has 1 N–H and O–H groups in total. The van der Waals surface area contributed by atoms with Crippen LogP contribution in [0.15, 0.2) is 83.8 Å². The Morgan fingerprint density at radius 1 is 0.857 bits per heavy atom. The lowest BCUT2D eigenvalue weighted by Crippen LogP contribution is -2.40. The first kappa shape index (κ1) is 25.2. The summed E-state index contributed by atoms with van der Waals surface area (Å²) in [5, 5.41) is 3.41. The molecule has 0 aromatic heterocycles. The van der Waals surface area contributed by atoms with Gasteiger partial charge in [-0.05, 0) is 73.5 Å². The van der Waals surface area contributed by atoms with Crippen LogP contribution in [-0.2, 0) is 27.9 Å². The van der Waals surface area contributed by atoms with Crippen molar-refractivity contribution in [2.75, 3.05) is 23.9 Å². The predicted molar refractivity (Wildman–Crippen MR) is 140 cm³/mol. The second-order valence-electron chi connectivity index (χ2n) is 8.68. The van der Waals surface area contributed by atoms with Crippen LogP contribution in [0.2, 0.25) is 5.02 Å². The molecule has 0 atom stereocenters. The number of nitrogens with one attached hydrogen (secondary N) is 1. The summed E-state index contributed by atoms with van der Waals surface area (Å²) in [5.41, 5.74) is 2.59. The minimum atomic E-state index is -3.95. The molecule has 1 fully saturated rings. The van der Waals surface area contributed by atoms with Gasteiger partial charge in [-0.2, -0.15) is 0 Å². The van der Waals surface area contributed by atoms with Crippen molar-refractivity contribution >= 4 is 33.2 Å². The summed E-state index contributed by atoms with van der Waals surface area (Å²) in [6, 6.07) is 22.6. The predicted octanol–water partition coefficient (Wildman–Crippen LogP) is 4.84. The highest BCUT2D eigenvalue weighted by atomic mass is 35.5. The van der Waals surface area contributed by atoms with Crippen molar-refractivity contribution < 1.29 is 13.2 Å². The van der Waals surface area contributed by atoms with E-state index >= 15 is 0 Å². The summed E-state index contributed by atoms with van der Waals surface area (Å²) in [7, 11) is -3.95. The molecule has 1 amide bonds. The van der Waals surface area contributed by atoms with Crippen LogP contribution in [0, 0.1) is 0 Å². The number of anilines is 1. The van der Waals surface area contributed by atoms with Crippen LogP contribution in [0.5, 0.6) is 0 Å². The Labute approximate surface area is 212 Å². The largest absolute Gasteiger partial charge is 0.350 e. The molecule has 8 heteroatoms. The molecule has 1 saturated heterocycles. The average Bonchev–Trinajstić information content (AvgIpc) is 2.88. The van der Waals surface area contributed by atoms with Gasteiger partial charge < -0.3 is 5.32 Å². The topological polar surface area (TPSA) is 69.7 Å². The van der Waals surface area contributed by atoms with Crippen molar-refractivity contribution in [3.05, 3.63) is 95.0 Å². The lowest BCUT2D eigenvalue weighted by atomic mass is 10.0. The van der Waals surface area contributed by atoms with E-state index in [1.165, 1.54) is 37.0 Å². The standard InChI is InChI=1S/C27H30ClN3O3S/c28-24-13-15-25(16-14-24)31(35(33,34)26-11-3-1-4-12-26)21-27(32)29-19-22-9-5-6-10-23(22)20-30-17-7-2-8-18-30/h1,3-6,9-16H,2,7-8,17-21H2,(H,29,32). The van der Waals surface area contributed by atoms with Crippen LogP contribution in [0.1, 0.15) is 30.4 Å². The van der Waals surface area contributed by atoms with E-state index in [-0.39, 0.29) is 17.3 Å². The summed E-state index contributed by atoms with van der Waals surface area (Å²) < 4.78 is 27.9. The fraction of sp³-hybridized carbons (Fsp3) is 0.296. The number of hydrogen-bond donors (Lipinski definition) is 1. The van der Waals surface area contributed by atoms with E-state index in [4.69, 9.17) is 11.6 Å². The smallest absolute Gasteiger partial charge is 0.264 e. The first-order valence-corrected chi connectivity index (χ1v) is 13.6. The number of piperidine rings is 1. The number of amides is 1. The Balaban J connectivity index is 1.49. The first-order chi connectivity index (χ1) is 16.9. The second kappa shape index (κ2) is 11.7. The zero-order valence-electron chi connectivity index (χ0n) is 19.6. The zero-order chi connectivity index (χ0) is 24.7. The highest BCUT2D eigenvalue weighted by Crippen LogP contribution is 2.25. The Kier molecular flexibility index (Phi) is 8.44. The van der Waals surface area contributed by atoms with E-state index in [0.717, 1.165) is 29.5 Å². The van der Waals surface area contributed by atoms with Crippen molar-refractivity contribution in [1.29, 1.82) is 0 Å². The Morgan fingerprint density at radius 2 is 1.49 bits per heavy atom. The monoisotopic (exact) mass is 511 g/mol. The molecule has 3 aromatic carbocycles. The van der Waals surface area contributed by atoms with Gasteiger partial charge in [0.1, 0.15) is 6.54 Å². The number of carbonyl (C=O) groups is 1. The molecule has 0 spiro atoms. The van der Waals surface area contributed by atoms with Gasteiger partial charge in [-0.25, -0.2) is 8.42 Å². The number of halogens is 1. The summed E-state index contributed by atoms with van der Waals surface area (Å²) >= 11 is 6.00. The number of benzene rings is 3. The molecule has 35 heavy (non-hydrogen) atoms. The Morgan fingerprint density at radius 3 is 2.17 bits per heavy atom. The zero-order valence-corrected chi connectivity index (χ0v) is 21.1. The van der Waals surface area contributed by atoms with Gasteiger partial charge in [0, 0.05) is 18.1 Å². The van der Waals surface area contributed by atoms with Crippen LogP contribution >= 0.6 is 11.6 Å². The van der Waals surface area contributed by atoms with Crippen LogP contribution < -0.4 is 9.62 Å². The number of hydrogen-bond acceptors (Lipinski definition) is 4. The molecule has 0 radical (unpaired) electrons. The molecule has 184 valence electrons. The number of sulfonamides is 1. The van der Waals surface area contributed by atoms with Gasteiger partial charge in [-0.3, -0.25) is 14.0 Å². The minimum absolute atomic E-state index is 0.120. The van der Waals surface area contributed by atoms with E-state index in [1.807, 2.05) is 18.2 Å². The summed E-state index contributed by atoms with van der Waals surface area (Å²) in [6.45, 7) is 3.03. The molecular weight excluding hydrogens is 482 g/mol. The second-order valence-corrected chi connectivity index (χ2v) is 11.0. The molecular formula is C27H30ClN3O3S. The van der Waals surface area contributed by atoms with E-state index in [0.29, 0.717) is 17.3 Å². The van der Waals surface area contributed by atoms with E-state index in [2.05, 4.69) is 16.3 Å². The van der Waals surface area contributed by atoms with Gasteiger partial charge >= 0.3 is 0 Å². The summed E-state index contributed by atoms with van der Waals surface area (Å²) in [5.74, 6) is -0.382. The fourth-order valence-corrected chi connectivity index (χ4v) is 5.83. The molecule has 6 nitrogen and oxygen atoms in total. The van der Waals surface area contributed by atoms with Crippen molar-refractivity contribution in [1.82, 2.24) is 10.2 Å². The van der Waals surface area contributed by atoms with Crippen molar-refractivity contribution in [2.45, 2.75) is 37.2 Å². The van der Waals surface area contributed by atoms with Crippen LogP contribution in [-0.4, -0.2) is 38.9 Å². The van der Waals surface area contributed by atoms with Gasteiger partial charge in [0.2, 0.25) is 5.91 Å². The van der Waals surface area contributed by atoms with Gasteiger partial charge in [0.15, 0.2) is 0 Å². The number of carbonyl (C=O) groups excluding carboxylic acids is 1. The third-order valence-electron chi connectivity index (χ3n) is 6.17. The fourth-order valence-electron chi connectivity index (χ4n) is 4.26. The van der Waals surface area contributed by atoms with E-state index < -0.39 is 10.0 Å². The van der Waals surface area contributed by atoms with Crippen LogP contribution in [0.3, 0.4) is 0 Å². The van der Waals surface area contributed by atoms with Gasteiger partial charge in [0.25, 0.3) is 10.0 Å². The lowest BCUT2D eigenvalue weighted by molar-refractivity contribution is -0.119. The average molecular weight is 512 g/mol. The third kappa shape index (κ3) is 6.63. The maximum absolute atomic E-state index is 13.4. The molecule has 0 aliphatic carbocycles. The van der Waals surface area contributed by atoms with Crippen molar-refractivity contribution in [2.24, 2.45) is 0 Å². The highest BCUT2D eigenvalue weighted by Gasteiger charge is 2.27. The third-order valence-corrected chi connectivity index (χ3v) is 8.21. The molecule has 0 bridgehead atoms. The molecule has 0 unspecified atom stereocenters. The molecule has 0 saturated carbocycles. The quantitative estimate of drug-likeness (QED) is 0.446. The minimum Gasteiger partial charge on any atom is -0.350 e. The molecule has 1 aliphatic heterocycles. The molecule has 1 heterocycles. The summed E-state index contributed by atoms with van der Waals surface area (Å²) in [4.78, 5) is 15.6. The normalized spacial score (nSPS) is 14.4. The van der Waals surface area contributed by atoms with Crippen LogP contribution in [0.4, 0.5) is 5.69 Å². The SMILES string of the molecule is O=C(CN(c1ccc(Cl)cc1)S(=O)(=O)c1ccccc1)NCc1ccccc1CN1CCCCC1.